The van der Waals surface area contributed by atoms with E-state index < -0.39 is 0 Å². The van der Waals surface area contributed by atoms with Gasteiger partial charge in [-0.05, 0) is 38.1 Å². The monoisotopic (exact) mass is 280 g/mol. The summed E-state index contributed by atoms with van der Waals surface area (Å²) in [5.74, 6) is 0.557. The normalized spacial score (nSPS) is 11.0. The molecule has 0 aliphatic carbocycles. The summed E-state index contributed by atoms with van der Waals surface area (Å²) >= 11 is 0. The van der Waals surface area contributed by atoms with Crippen LogP contribution in [0.2, 0.25) is 0 Å². The predicted molar refractivity (Wildman–Crippen MR) is 77.3 cm³/mol. The van der Waals surface area contributed by atoms with Gasteiger partial charge in [0.1, 0.15) is 12.4 Å². The van der Waals surface area contributed by atoms with Crippen molar-refractivity contribution in [2.75, 3.05) is 25.0 Å². The number of anilines is 1. The maximum absolute atomic E-state index is 11.8. The minimum absolute atomic E-state index is 0.00164. The predicted octanol–water partition coefficient (Wildman–Crippen LogP) is 1.69. The molecule has 0 heterocycles. The van der Waals surface area contributed by atoms with E-state index in [1.165, 1.54) is 0 Å². The molecule has 0 spiro atoms. The summed E-state index contributed by atoms with van der Waals surface area (Å²) in [6, 6.07) is 6.71. The number of carbonyl (C=O) groups excluding carboxylic acids is 1. The van der Waals surface area contributed by atoms with Crippen LogP contribution in [0.15, 0.2) is 29.4 Å². The van der Waals surface area contributed by atoms with E-state index in [2.05, 4.69) is 10.5 Å². The highest BCUT2D eigenvalue weighted by molar-refractivity contribution is 5.89. The molecular formula is C13H20N4O3. The summed E-state index contributed by atoms with van der Waals surface area (Å²) in [6.45, 7) is 5.16. The van der Waals surface area contributed by atoms with Gasteiger partial charge < -0.3 is 25.9 Å². The molecule has 0 fully saturated rings. The Morgan fingerprint density at radius 3 is 2.45 bits per heavy atom. The molecule has 0 unspecified atom stereocenters. The fourth-order valence-corrected chi connectivity index (χ4v) is 1.53. The quantitative estimate of drug-likeness (QED) is 0.319. The lowest BCUT2D eigenvalue weighted by Gasteiger charge is -2.19. The van der Waals surface area contributed by atoms with Gasteiger partial charge in [-0.3, -0.25) is 0 Å². The van der Waals surface area contributed by atoms with Gasteiger partial charge in [-0.15, -0.1) is 0 Å². The second-order valence-electron chi connectivity index (χ2n) is 4.01. The van der Waals surface area contributed by atoms with E-state index >= 15 is 0 Å². The Morgan fingerprint density at radius 2 is 1.95 bits per heavy atom. The molecule has 1 rings (SSSR count). The summed E-state index contributed by atoms with van der Waals surface area (Å²) in [7, 11) is 0. The van der Waals surface area contributed by atoms with E-state index in [0.717, 1.165) is 0 Å². The Hall–Kier alpha value is -2.44. The summed E-state index contributed by atoms with van der Waals surface area (Å²) in [5, 5.41) is 14.0. The molecule has 0 aliphatic heterocycles. The van der Waals surface area contributed by atoms with E-state index in [1.807, 2.05) is 13.8 Å². The van der Waals surface area contributed by atoms with Gasteiger partial charge in [0.2, 0.25) is 0 Å². The van der Waals surface area contributed by atoms with Crippen molar-refractivity contribution < 1.29 is 14.7 Å². The lowest BCUT2D eigenvalue weighted by molar-refractivity contribution is 0.217. The highest BCUT2D eigenvalue weighted by Gasteiger charge is 2.09. The van der Waals surface area contributed by atoms with Crippen LogP contribution in [0.5, 0.6) is 5.75 Å². The third-order valence-electron chi connectivity index (χ3n) is 2.67. The number of oxime groups is 1. The maximum atomic E-state index is 11.8. The van der Waals surface area contributed by atoms with E-state index in [9.17, 15) is 4.79 Å². The highest BCUT2D eigenvalue weighted by Crippen LogP contribution is 2.16. The summed E-state index contributed by atoms with van der Waals surface area (Å²) in [5.41, 5.74) is 5.97. The SMILES string of the molecule is CCN(CC)C(=O)Nc1ccc(OCC(N)=NO)cc1. The molecule has 7 nitrogen and oxygen atoms in total. The molecule has 4 N–H and O–H groups in total. The van der Waals surface area contributed by atoms with Crippen LogP contribution in [0.3, 0.4) is 0 Å². The van der Waals surface area contributed by atoms with Crippen molar-refractivity contribution in [2.45, 2.75) is 13.8 Å². The van der Waals surface area contributed by atoms with Gasteiger partial charge in [0.15, 0.2) is 5.84 Å². The number of nitrogens with two attached hydrogens (primary N) is 1. The van der Waals surface area contributed by atoms with Gasteiger partial charge in [0, 0.05) is 18.8 Å². The maximum Gasteiger partial charge on any atom is 0.321 e. The first kappa shape index (κ1) is 15.6. The van der Waals surface area contributed by atoms with Crippen LogP contribution >= 0.6 is 0 Å². The van der Waals surface area contributed by atoms with Crippen molar-refractivity contribution in [1.29, 1.82) is 0 Å². The number of nitrogens with one attached hydrogen (secondary N) is 1. The van der Waals surface area contributed by atoms with Crippen LogP contribution in [0.1, 0.15) is 13.8 Å². The number of hydrogen-bond acceptors (Lipinski definition) is 4. The fraction of sp³-hybridized carbons (Fsp3) is 0.385. The minimum Gasteiger partial charge on any atom is -0.486 e. The molecular weight excluding hydrogens is 260 g/mol. The molecule has 0 aromatic heterocycles. The second-order valence-corrected chi connectivity index (χ2v) is 4.01. The zero-order chi connectivity index (χ0) is 15.0. The molecule has 110 valence electrons. The molecule has 1 aromatic rings. The van der Waals surface area contributed by atoms with E-state index in [4.69, 9.17) is 15.7 Å². The van der Waals surface area contributed by atoms with Gasteiger partial charge in [-0.1, -0.05) is 5.16 Å². The average molecular weight is 280 g/mol. The smallest absolute Gasteiger partial charge is 0.321 e. The van der Waals surface area contributed by atoms with Crippen molar-refractivity contribution in [3.63, 3.8) is 0 Å². The molecule has 0 aliphatic rings. The summed E-state index contributed by atoms with van der Waals surface area (Å²) in [6.07, 6.45) is 0. The average Bonchev–Trinajstić information content (AvgIpc) is 2.47. The third kappa shape index (κ3) is 4.68. The molecule has 1 aromatic carbocycles. The van der Waals surface area contributed by atoms with Crippen molar-refractivity contribution in [3.05, 3.63) is 24.3 Å². The minimum atomic E-state index is -0.139. The lowest BCUT2D eigenvalue weighted by atomic mass is 10.3. The number of benzene rings is 1. The molecule has 2 amide bonds. The first-order valence-electron chi connectivity index (χ1n) is 6.35. The Bertz CT molecular complexity index is 455. The first-order chi connectivity index (χ1) is 9.60. The molecule has 0 atom stereocenters. The number of hydrogen-bond donors (Lipinski definition) is 3. The molecule has 0 radical (unpaired) electrons. The van der Waals surface area contributed by atoms with Gasteiger partial charge >= 0.3 is 6.03 Å². The van der Waals surface area contributed by atoms with Crippen molar-refractivity contribution in [3.8, 4) is 5.75 Å². The van der Waals surface area contributed by atoms with Crippen LogP contribution in [0.4, 0.5) is 10.5 Å². The van der Waals surface area contributed by atoms with E-state index in [1.54, 1.807) is 29.2 Å². The fourth-order valence-electron chi connectivity index (χ4n) is 1.53. The zero-order valence-electron chi connectivity index (χ0n) is 11.7. The van der Waals surface area contributed by atoms with Crippen LogP contribution in [-0.2, 0) is 0 Å². The van der Waals surface area contributed by atoms with E-state index in [0.29, 0.717) is 24.5 Å². The number of rotatable bonds is 6. The number of amidine groups is 1. The van der Waals surface area contributed by atoms with Crippen molar-refractivity contribution in [1.82, 2.24) is 4.90 Å². The van der Waals surface area contributed by atoms with E-state index in [-0.39, 0.29) is 18.5 Å². The molecule has 0 saturated heterocycles. The topological polar surface area (TPSA) is 100 Å². The molecule has 7 heteroatoms. The van der Waals surface area contributed by atoms with Crippen LogP contribution in [0.25, 0.3) is 0 Å². The van der Waals surface area contributed by atoms with Gasteiger partial charge in [-0.25, -0.2) is 4.79 Å². The Morgan fingerprint density at radius 1 is 1.35 bits per heavy atom. The molecule has 20 heavy (non-hydrogen) atoms. The third-order valence-corrected chi connectivity index (χ3v) is 2.67. The number of amides is 2. The van der Waals surface area contributed by atoms with Gasteiger partial charge in [-0.2, -0.15) is 0 Å². The highest BCUT2D eigenvalue weighted by atomic mass is 16.5. The summed E-state index contributed by atoms with van der Waals surface area (Å²) < 4.78 is 5.27. The van der Waals surface area contributed by atoms with Crippen LogP contribution < -0.4 is 15.8 Å². The number of ether oxygens (including phenoxy) is 1. The lowest BCUT2D eigenvalue weighted by Crippen LogP contribution is -2.34. The standard InChI is InChI=1S/C13H20N4O3/c1-3-17(4-2)13(18)15-10-5-7-11(8-6-10)20-9-12(14)16-19/h5-8,19H,3-4,9H2,1-2H3,(H2,14,16)(H,15,18). The number of nitrogens with zero attached hydrogens (tertiary/aromatic N) is 2. The zero-order valence-corrected chi connectivity index (χ0v) is 11.7. The Kier molecular flexibility index (Phi) is 6.15. The van der Waals surface area contributed by atoms with Crippen LogP contribution in [-0.4, -0.2) is 41.7 Å². The Labute approximate surface area is 118 Å². The Balaban J connectivity index is 2.56. The summed E-state index contributed by atoms with van der Waals surface area (Å²) in [4.78, 5) is 13.5. The van der Waals surface area contributed by atoms with Gasteiger partial charge in [0.25, 0.3) is 0 Å². The van der Waals surface area contributed by atoms with Crippen molar-refractivity contribution in [2.24, 2.45) is 10.9 Å². The first-order valence-corrected chi connectivity index (χ1v) is 6.35. The largest absolute Gasteiger partial charge is 0.486 e. The van der Waals surface area contributed by atoms with Crippen LogP contribution in [0, 0.1) is 0 Å². The van der Waals surface area contributed by atoms with Crippen molar-refractivity contribution >= 4 is 17.6 Å². The second kappa shape index (κ2) is 7.88. The number of urea groups is 1. The molecule has 0 bridgehead atoms. The molecule has 0 saturated carbocycles. The van der Waals surface area contributed by atoms with Gasteiger partial charge in [0.05, 0.1) is 0 Å². The number of carbonyl (C=O) groups is 1.